The molecule has 0 radical (unpaired) electrons. The Morgan fingerprint density at radius 3 is 2.55 bits per heavy atom. The Balaban J connectivity index is 1.83. The number of hydrogen-bond donors (Lipinski definition) is 1. The van der Waals surface area contributed by atoms with Crippen LogP contribution in [0.2, 0.25) is 0 Å². The minimum absolute atomic E-state index is 0.183. The standard InChI is InChI=1S/C20H29N3O5S/c1-14(2)6-7-21-20(25)19-13-16-12-17(4-5-18(16)23(19)15(3)24)29(26,27)22-8-10-28-11-9-22/h4-5,12,14,19H,6-11,13H2,1-3H3,(H,21,25)/t19-/m1/s1. The van der Waals surface area contributed by atoms with Crippen LogP contribution in [0.15, 0.2) is 23.1 Å². The molecule has 160 valence electrons. The number of ether oxygens (including phenoxy) is 1. The molecule has 0 saturated carbocycles. The van der Waals surface area contributed by atoms with Crippen LogP contribution >= 0.6 is 0 Å². The molecule has 1 saturated heterocycles. The van der Waals surface area contributed by atoms with Crippen molar-refractivity contribution in [2.45, 2.75) is 44.6 Å². The summed E-state index contributed by atoms with van der Waals surface area (Å²) in [6.07, 6.45) is 1.16. The van der Waals surface area contributed by atoms with Crippen molar-refractivity contribution in [1.29, 1.82) is 0 Å². The zero-order chi connectivity index (χ0) is 21.2. The van der Waals surface area contributed by atoms with Crippen LogP contribution in [0.3, 0.4) is 0 Å². The van der Waals surface area contributed by atoms with Gasteiger partial charge < -0.3 is 10.1 Å². The lowest BCUT2D eigenvalue weighted by molar-refractivity contribution is -0.125. The van der Waals surface area contributed by atoms with Crippen molar-refractivity contribution in [3.8, 4) is 0 Å². The molecule has 2 aliphatic heterocycles. The van der Waals surface area contributed by atoms with Gasteiger partial charge in [-0.3, -0.25) is 14.5 Å². The van der Waals surface area contributed by atoms with E-state index in [1.807, 2.05) is 0 Å². The van der Waals surface area contributed by atoms with Crippen LogP contribution in [-0.2, 0) is 30.8 Å². The number of carbonyl (C=O) groups excluding carboxylic acids is 2. The number of anilines is 1. The predicted octanol–water partition coefficient (Wildman–Crippen LogP) is 1.15. The maximum absolute atomic E-state index is 12.9. The maximum Gasteiger partial charge on any atom is 0.243 e. The zero-order valence-corrected chi connectivity index (χ0v) is 18.0. The summed E-state index contributed by atoms with van der Waals surface area (Å²) in [4.78, 5) is 26.6. The minimum Gasteiger partial charge on any atom is -0.379 e. The Morgan fingerprint density at radius 2 is 1.93 bits per heavy atom. The molecule has 0 aliphatic carbocycles. The van der Waals surface area contributed by atoms with Gasteiger partial charge in [-0.05, 0) is 36.1 Å². The fourth-order valence-corrected chi connectivity index (χ4v) is 5.18. The largest absolute Gasteiger partial charge is 0.379 e. The van der Waals surface area contributed by atoms with E-state index >= 15 is 0 Å². The first kappa shape index (κ1) is 21.7. The molecule has 3 rings (SSSR count). The summed E-state index contributed by atoms with van der Waals surface area (Å²) < 4.78 is 32.5. The molecule has 2 amide bonds. The first-order valence-electron chi connectivity index (χ1n) is 10.00. The van der Waals surface area contributed by atoms with Crippen LogP contribution in [-0.4, -0.2) is 63.4 Å². The highest BCUT2D eigenvalue weighted by Gasteiger charge is 2.38. The van der Waals surface area contributed by atoms with Crippen molar-refractivity contribution in [2.75, 3.05) is 37.7 Å². The summed E-state index contributed by atoms with van der Waals surface area (Å²) in [6.45, 7) is 7.51. The van der Waals surface area contributed by atoms with Crippen molar-refractivity contribution in [1.82, 2.24) is 9.62 Å². The molecule has 1 atom stereocenters. The molecule has 0 unspecified atom stereocenters. The molecular formula is C20H29N3O5S. The number of carbonyl (C=O) groups is 2. The van der Waals surface area contributed by atoms with Crippen molar-refractivity contribution in [2.24, 2.45) is 5.92 Å². The average Bonchev–Trinajstić information content (AvgIpc) is 3.07. The summed E-state index contributed by atoms with van der Waals surface area (Å²) in [6, 6.07) is 4.08. The van der Waals surface area contributed by atoms with Crippen molar-refractivity contribution < 1.29 is 22.7 Å². The molecule has 0 aromatic heterocycles. The number of fused-ring (bicyclic) bond motifs is 1. The highest BCUT2D eigenvalue weighted by Crippen LogP contribution is 2.35. The molecule has 9 heteroatoms. The summed E-state index contributed by atoms with van der Waals surface area (Å²) in [5, 5.41) is 2.90. The second-order valence-corrected chi connectivity index (χ2v) is 9.83. The van der Waals surface area contributed by atoms with E-state index in [9.17, 15) is 18.0 Å². The molecule has 1 fully saturated rings. The molecule has 1 aromatic rings. The SMILES string of the molecule is CC(=O)N1c2ccc(S(=O)(=O)N3CCOCC3)cc2C[C@@H]1C(=O)NCCC(C)C. The molecule has 8 nitrogen and oxygen atoms in total. The monoisotopic (exact) mass is 423 g/mol. The van der Waals surface area contributed by atoms with Crippen LogP contribution < -0.4 is 10.2 Å². The Morgan fingerprint density at radius 1 is 1.24 bits per heavy atom. The van der Waals surface area contributed by atoms with Crippen LogP contribution in [0.1, 0.15) is 32.8 Å². The lowest BCUT2D eigenvalue weighted by Gasteiger charge is -2.26. The van der Waals surface area contributed by atoms with E-state index in [1.54, 1.807) is 12.1 Å². The van der Waals surface area contributed by atoms with Crippen LogP contribution in [0.5, 0.6) is 0 Å². The summed E-state index contributed by atoms with van der Waals surface area (Å²) >= 11 is 0. The highest BCUT2D eigenvalue weighted by molar-refractivity contribution is 7.89. The molecule has 1 N–H and O–H groups in total. The minimum atomic E-state index is -3.63. The Labute approximate surface area is 172 Å². The number of benzene rings is 1. The van der Waals surface area contributed by atoms with Crippen LogP contribution in [0.4, 0.5) is 5.69 Å². The fraction of sp³-hybridized carbons (Fsp3) is 0.600. The third kappa shape index (κ3) is 4.62. The van der Waals surface area contributed by atoms with Crippen molar-refractivity contribution in [3.05, 3.63) is 23.8 Å². The quantitative estimate of drug-likeness (QED) is 0.740. The summed E-state index contributed by atoms with van der Waals surface area (Å²) in [7, 11) is -3.63. The highest BCUT2D eigenvalue weighted by atomic mass is 32.2. The van der Waals surface area contributed by atoms with E-state index in [1.165, 1.54) is 22.2 Å². The Hall–Kier alpha value is -1.97. The number of rotatable bonds is 6. The summed E-state index contributed by atoms with van der Waals surface area (Å²) in [5.41, 5.74) is 1.29. The maximum atomic E-state index is 12.9. The molecule has 29 heavy (non-hydrogen) atoms. The Bertz CT molecular complexity index is 878. The molecule has 2 heterocycles. The van der Waals surface area contributed by atoms with E-state index in [0.717, 1.165) is 6.42 Å². The van der Waals surface area contributed by atoms with Gasteiger partial charge in [0.05, 0.1) is 18.1 Å². The predicted molar refractivity (Wildman–Crippen MR) is 109 cm³/mol. The van der Waals surface area contributed by atoms with Gasteiger partial charge in [-0.25, -0.2) is 8.42 Å². The average molecular weight is 424 g/mol. The van der Waals surface area contributed by atoms with E-state index in [-0.39, 0.29) is 16.7 Å². The molecule has 1 aromatic carbocycles. The van der Waals surface area contributed by atoms with Gasteiger partial charge in [0.25, 0.3) is 0 Å². The van der Waals surface area contributed by atoms with E-state index in [4.69, 9.17) is 4.74 Å². The van der Waals surface area contributed by atoms with Gasteiger partial charge in [-0.15, -0.1) is 0 Å². The topological polar surface area (TPSA) is 96.0 Å². The van der Waals surface area contributed by atoms with Crippen molar-refractivity contribution in [3.63, 3.8) is 0 Å². The van der Waals surface area contributed by atoms with Gasteiger partial charge >= 0.3 is 0 Å². The van der Waals surface area contributed by atoms with Gasteiger partial charge in [0.1, 0.15) is 6.04 Å². The second-order valence-electron chi connectivity index (χ2n) is 7.89. The first-order chi connectivity index (χ1) is 13.7. The van der Waals surface area contributed by atoms with Crippen LogP contribution in [0.25, 0.3) is 0 Å². The van der Waals surface area contributed by atoms with E-state index in [0.29, 0.717) is 56.4 Å². The van der Waals surface area contributed by atoms with Crippen LogP contribution in [0, 0.1) is 5.92 Å². The van der Waals surface area contributed by atoms with Gasteiger partial charge in [0.2, 0.25) is 21.8 Å². The second kappa shape index (κ2) is 8.81. The van der Waals surface area contributed by atoms with Gasteiger partial charge in [0, 0.05) is 38.7 Å². The number of hydrogen-bond acceptors (Lipinski definition) is 5. The molecule has 0 spiro atoms. The van der Waals surface area contributed by atoms with E-state index < -0.39 is 16.1 Å². The zero-order valence-electron chi connectivity index (χ0n) is 17.2. The number of sulfonamides is 1. The third-order valence-corrected chi connectivity index (χ3v) is 7.20. The number of morpholine rings is 1. The van der Waals surface area contributed by atoms with Gasteiger partial charge in [0.15, 0.2) is 0 Å². The molecule has 2 aliphatic rings. The van der Waals surface area contributed by atoms with Crippen molar-refractivity contribution >= 4 is 27.5 Å². The van der Waals surface area contributed by atoms with Gasteiger partial charge in [-0.2, -0.15) is 4.31 Å². The number of amides is 2. The normalized spacial score (nSPS) is 20.0. The summed E-state index contributed by atoms with van der Waals surface area (Å²) in [5.74, 6) is 0.0131. The number of nitrogens with zero attached hydrogens (tertiary/aromatic N) is 2. The molecule has 0 bridgehead atoms. The lowest BCUT2D eigenvalue weighted by atomic mass is 10.1. The van der Waals surface area contributed by atoms with Gasteiger partial charge in [-0.1, -0.05) is 13.8 Å². The fourth-order valence-electron chi connectivity index (χ4n) is 3.73. The lowest BCUT2D eigenvalue weighted by Crippen LogP contribution is -2.47. The molecular weight excluding hydrogens is 394 g/mol. The Kier molecular flexibility index (Phi) is 6.60. The van der Waals surface area contributed by atoms with E-state index in [2.05, 4.69) is 19.2 Å². The number of nitrogens with one attached hydrogen (secondary N) is 1. The third-order valence-electron chi connectivity index (χ3n) is 5.31. The smallest absolute Gasteiger partial charge is 0.243 e. The first-order valence-corrected chi connectivity index (χ1v) is 11.4.